The van der Waals surface area contributed by atoms with Crippen molar-refractivity contribution in [2.24, 2.45) is 0 Å². The Kier molecular flexibility index (Phi) is 6.29. The molecule has 0 amide bonds. The van der Waals surface area contributed by atoms with Gasteiger partial charge in [-0.2, -0.15) is 0 Å². The van der Waals surface area contributed by atoms with Crippen molar-refractivity contribution in [1.82, 2.24) is 0 Å². The van der Waals surface area contributed by atoms with Gasteiger partial charge in [-0.1, -0.05) is 6.07 Å². The average molecular weight is 324 g/mol. The molecule has 23 heavy (non-hydrogen) atoms. The van der Waals surface area contributed by atoms with Crippen LogP contribution < -0.4 is 4.74 Å². The molecule has 0 aromatic heterocycles. The van der Waals surface area contributed by atoms with Crippen molar-refractivity contribution in [3.63, 3.8) is 0 Å². The zero-order valence-electron chi connectivity index (χ0n) is 13.1. The summed E-state index contributed by atoms with van der Waals surface area (Å²) in [6, 6.07) is 5.70. The summed E-state index contributed by atoms with van der Waals surface area (Å²) in [5.41, 5.74) is 1.88. The van der Waals surface area contributed by atoms with E-state index in [-0.39, 0.29) is 0 Å². The lowest BCUT2D eigenvalue weighted by Crippen LogP contribution is -2.35. The van der Waals surface area contributed by atoms with Gasteiger partial charge in [0.1, 0.15) is 5.75 Å². The lowest BCUT2D eigenvalue weighted by molar-refractivity contribution is -0.180. The van der Waals surface area contributed by atoms with Gasteiger partial charge < -0.3 is 24.8 Å². The molecule has 0 saturated heterocycles. The first-order valence-corrected chi connectivity index (χ1v) is 6.88. The van der Waals surface area contributed by atoms with Crippen molar-refractivity contribution in [1.29, 1.82) is 0 Å². The fourth-order valence-corrected chi connectivity index (χ4v) is 1.76. The first-order valence-electron chi connectivity index (χ1n) is 6.88. The Labute approximate surface area is 133 Å². The molecule has 1 aromatic rings. The van der Waals surface area contributed by atoms with Gasteiger partial charge in [0.2, 0.25) is 5.79 Å². The lowest BCUT2D eigenvalue weighted by atomic mass is 10.1. The van der Waals surface area contributed by atoms with E-state index in [0.29, 0.717) is 18.8 Å². The molecule has 0 spiro atoms. The van der Waals surface area contributed by atoms with E-state index in [2.05, 4.69) is 0 Å². The molecule has 1 aromatic carbocycles. The standard InChI is InChI=1S/C12H16O3.C4H4O4/c1-8(13)9-4-5-11-10(6-9)7-14-12(2,3)15-11;5-3(6)1-2-4(7)8/h4-6,8,13H,7H2,1-3H3;1-2H,(H,5,6)(H,7,8)/b;2-1+. The summed E-state index contributed by atoms with van der Waals surface area (Å²) < 4.78 is 11.2. The Morgan fingerprint density at radius 2 is 1.78 bits per heavy atom. The number of aliphatic carboxylic acids is 2. The fourth-order valence-electron chi connectivity index (χ4n) is 1.76. The molecule has 7 heteroatoms. The third-order valence-corrected chi connectivity index (χ3v) is 2.87. The normalized spacial score (nSPS) is 16.5. The van der Waals surface area contributed by atoms with E-state index in [1.54, 1.807) is 6.92 Å². The van der Waals surface area contributed by atoms with E-state index in [1.165, 1.54) is 0 Å². The minimum absolute atomic E-state index is 0.453. The molecule has 1 atom stereocenters. The molecule has 7 nitrogen and oxygen atoms in total. The lowest BCUT2D eigenvalue weighted by Gasteiger charge is -2.32. The predicted molar refractivity (Wildman–Crippen MR) is 81.0 cm³/mol. The molecular formula is C16H20O7. The van der Waals surface area contributed by atoms with Gasteiger partial charge in [0.15, 0.2) is 0 Å². The van der Waals surface area contributed by atoms with Gasteiger partial charge in [-0.25, -0.2) is 9.59 Å². The van der Waals surface area contributed by atoms with Crippen LogP contribution in [0.4, 0.5) is 0 Å². The van der Waals surface area contributed by atoms with Crippen molar-refractivity contribution in [3.05, 3.63) is 41.5 Å². The van der Waals surface area contributed by atoms with Crippen LogP contribution in [0, 0.1) is 0 Å². The number of carboxylic acids is 2. The van der Waals surface area contributed by atoms with Gasteiger partial charge in [-0.05, 0) is 24.6 Å². The van der Waals surface area contributed by atoms with E-state index in [9.17, 15) is 14.7 Å². The molecule has 1 unspecified atom stereocenters. The summed E-state index contributed by atoms with van der Waals surface area (Å²) in [5.74, 6) is -2.23. The topological polar surface area (TPSA) is 113 Å². The SMILES string of the molecule is CC(O)c1ccc2c(c1)COC(C)(C)O2.O=C(O)/C=C/C(=O)O. The molecule has 0 bridgehead atoms. The van der Waals surface area contributed by atoms with Crippen molar-refractivity contribution in [2.45, 2.75) is 39.3 Å². The maximum Gasteiger partial charge on any atom is 0.328 e. The molecule has 1 heterocycles. The second-order valence-electron chi connectivity index (χ2n) is 5.34. The zero-order valence-corrected chi connectivity index (χ0v) is 13.1. The summed E-state index contributed by atoms with van der Waals surface area (Å²) in [5, 5.41) is 25.1. The van der Waals surface area contributed by atoms with Crippen molar-refractivity contribution < 1.29 is 34.4 Å². The van der Waals surface area contributed by atoms with E-state index in [4.69, 9.17) is 19.7 Å². The minimum Gasteiger partial charge on any atom is -0.478 e. The van der Waals surface area contributed by atoms with Crippen molar-refractivity contribution in [2.75, 3.05) is 0 Å². The van der Waals surface area contributed by atoms with Crippen LogP contribution in [0.3, 0.4) is 0 Å². The second kappa shape index (κ2) is 7.75. The quantitative estimate of drug-likeness (QED) is 0.730. The van der Waals surface area contributed by atoms with Crippen LogP contribution in [0.15, 0.2) is 30.4 Å². The van der Waals surface area contributed by atoms with Gasteiger partial charge >= 0.3 is 11.9 Å². The fraction of sp³-hybridized carbons (Fsp3) is 0.375. The molecule has 2 rings (SSSR count). The molecule has 0 radical (unpaired) electrons. The van der Waals surface area contributed by atoms with E-state index in [1.807, 2.05) is 32.0 Å². The number of ether oxygens (including phenoxy) is 2. The molecule has 0 fully saturated rings. The third-order valence-electron chi connectivity index (χ3n) is 2.87. The molecule has 3 N–H and O–H groups in total. The Morgan fingerprint density at radius 1 is 1.22 bits per heavy atom. The van der Waals surface area contributed by atoms with E-state index < -0.39 is 23.8 Å². The van der Waals surface area contributed by atoms with Crippen LogP contribution in [0.2, 0.25) is 0 Å². The number of rotatable bonds is 3. The summed E-state index contributed by atoms with van der Waals surface area (Å²) >= 11 is 0. The highest BCUT2D eigenvalue weighted by Crippen LogP contribution is 2.32. The first-order chi connectivity index (χ1) is 10.6. The Bertz CT molecular complexity index is 586. The summed E-state index contributed by atoms with van der Waals surface area (Å²) in [7, 11) is 0. The second-order valence-corrected chi connectivity index (χ2v) is 5.34. The number of aliphatic hydroxyl groups is 1. The van der Waals surface area contributed by atoms with Gasteiger partial charge in [-0.15, -0.1) is 0 Å². The molecular weight excluding hydrogens is 304 g/mol. The van der Waals surface area contributed by atoms with Gasteiger partial charge in [-0.3, -0.25) is 0 Å². The molecule has 1 aliphatic heterocycles. The highest BCUT2D eigenvalue weighted by Gasteiger charge is 2.27. The molecule has 0 aliphatic carbocycles. The number of carbonyl (C=O) groups is 2. The Balaban J connectivity index is 0.000000284. The Morgan fingerprint density at radius 3 is 2.26 bits per heavy atom. The molecule has 126 valence electrons. The monoisotopic (exact) mass is 324 g/mol. The van der Waals surface area contributed by atoms with E-state index >= 15 is 0 Å². The third kappa shape index (κ3) is 6.50. The van der Waals surface area contributed by atoms with Gasteiger partial charge in [0.25, 0.3) is 0 Å². The number of aliphatic hydroxyl groups excluding tert-OH is 1. The van der Waals surface area contributed by atoms with Crippen LogP contribution in [-0.2, 0) is 20.9 Å². The number of carboxylic acid groups (broad SMARTS) is 2. The van der Waals surface area contributed by atoms with Crippen LogP contribution in [0.5, 0.6) is 5.75 Å². The highest BCUT2D eigenvalue weighted by atomic mass is 16.7. The number of hydrogen-bond donors (Lipinski definition) is 3. The smallest absolute Gasteiger partial charge is 0.328 e. The Hall–Kier alpha value is -2.38. The van der Waals surface area contributed by atoms with Crippen LogP contribution in [0.25, 0.3) is 0 Å². The highest BCUT2D eigenvalue weighted by molar-refractivity contribution is 5.89. The van der Waals surface area contributed by atoms with E-state index in [0.717, 1.165) is 16.9 Å². The number of fused-ring (bicyclic) bond motifs is 1. The molecule has 0 saturated carbocycles. The molecule has 1 aliphatic rings. The maximum absolute atomic E-state index is 9.55. The van der Waals surface area contributed by atoms with Gasteiger partial charge in [0, 0.05) is 31.6 Å². The van der Waals surface area contributed by atoms with Crippen LogP contribution in [0.1, 0.15) is 38.0 Å². The van der Waals surface area contributed by atoms with Crippen LogP contribution >= 0.6 is 0 Å². The zero-order chi connectivity index (χ0) is 17.6. The first kappa shape index (κ1) is 18.7. The summed E-state index contributed by atoms with van der Waals surface area (Å²) in [6.45, 7) is 6.05. The van der Waals surface area contributed by atoms with Gasteiger partial charge in [0.05, 0.1) is 12.7 Å². The number of hydrogen-bond acceptors (Lipinski definition) is 5. The predicted octanol–water partition coefficient (Wildman–Crippen LogP) is 2.10. The average Bonchev–Trinajstić information content (AvgIpc) is 2.44. The number of benzene rings is 1. The maximum atomic E-state index is 9.55. The van der Waals surface area contributed by atoms with Crippen molar-refractivity contribution in [3.8, 4) is 5.75 Å². The largest absolute Gasteiger partial charge is 0.478 e. The van der Waals surface area contributed by atoms with Crippen molar-refractivity contribution >= 4 is 11.9 Å². The summed E-state index contributed by atoms with van der Waals surface area (Å²) in [4.78, 5) is 19.1. The minimum atomic E-state index is -1.26. The summed E-state index contributed by atoms with van der Waals surface area (Å²) in [6.07, 6.45) is 0.662. The van der Waals surface area contributed by atoms with Crippen LogP contribution in [-0.4, -0.2) is 33.0 Å².